The van der Waals surface area contributed by atoms with E-state index < -0.39 is 15.8 Å². The molecule has 0 aliphatic carbocycles. The van der Waals surface area contributed by atoms with Crippen LogP contribution >= 0.6 is 0 Å². The third-order valence-electron chi connectivity index (χ3n) is 5.97. The number of sulfonamides is 1. The Morgan fingerprint density at radius 1 is 1.03 bits per heavy atom. The lowest BCUT2D eigenvalue weighted by atomic mass is 9.96. The summed E-state index contributed by atoms with van der Waals surface area (Å²) in [6.45, 7) is 5.31. The van der Waals surface area contributed by atoms with Crippen molar-refractivity contribution in [2.24, 2.45) is 0 Å². The number of rotatable bonds is 3. The first-order chi connectivity index (χ1) is 14.3. The summed E-state index contributed by atoms with van der Waals surface area (Å²) in [7, 11) is -3.74. The molecule has 6 nitrogen and oxygen atoms in total. The van der Waals surface area contributed by atoms with Gasteiger partial charge in [-0.1, -0.05) is 19.1 Å². The quantitative estimate of drug-likeness (QED) is 0.747. The summed E-state index contributed by atoms with van der Waals surface area (Å²) in [6.07, 6.45) is 0.531. The van der Waals surface area contributed by atoms with E-state index in [1.54, 1.807) is 11.0 Å². The Hall–Kier alpha value is -2.45. The molecule has 2 heterocycles. The van der Waals surface area contributed by atoms with E-state index in [0.29, 0.717) is 30.8 Å². The van der Waals surface area contributed by atoms with Gasteiger partial charge in [-0.2, -0.15) is 4.31 Å². The molecule has 1 saturated heterocycles. The number of ether oxygens (including phenoxy) is 1. The molecule has 4 rings (SSSR count). The number of nitrogens with zero attached hydrogens (tertiary/aromatic N) is 2. The lowest BCUT2D eigenvalue weighted by molar-refractivity contribution is 0.0759. The zero-order valence-corrected chi connectivity index (χ0v) is 17.9. The molecule has 0 radical (unpaired) electrons. The van der Waals surface area contributed by atoms with Crippen LogP contribution in [0.15, 0.2) is 47.4 Å². The van der Waals surface area contributed by atoms with Crippen LogP contribution in [0.3, 0.4) is 0 Å². The molecule has 0 N–H and O–H groups in total. The SMILES string of the molecule is C[C@@H]1Oc2c(C(=O)N3CCCN(S(=O)(=O)c4ccc(F)cc4)CC3)cccc2[C@@H]1C. The maximum Gasteiger partial charge on any atom is 0.257 e. The van der Waals surface area contributed by atoms with Crippen LogP contribution in [0, 0.1) is 5.82 Å². The fourth-order valence-electron chi connectivity index (χ4n) is 4.02. The number of fused-ring (bicyclic) bond motifs is 1. The van der Waals surface area contributed by atoms with Gasteiger partial charge in [0.2, 0.25) is 10.0 Å². The number of halogens is 1. The van der Waals surface area contributed by atoms with Crippen LogP contribution in [0.5, 0.6) is 5.75 Å². The van der Waals surface area contributed by atoms with Crippen LogP contribution in [0.1, 0.15) is 42.1 Å². The first kappa shape index (κ1) is 20.8. The number of carbonyl (C=O) groups is 1. The van der Waals surface area contributed by atoms with Crippen molar-refractivity contribution >= 4 is 15.9 Å². The molecular weight excluding hydrogens is 407 g/mol. The summed E-state index contributed by atoms with van der Waals surface area (Å²) in [5.41, 5.74) is 1.56. The highest BCUT2D eigenvalue weighted by atomic mass is 32.2. The van der Waals surface area contributed by atoms with Crippen molar-refractivity contribution in [2.75, 3.05) is 26.2 Å². The van der Waals surface area contributed by atoms with Crippen molar-refractivity contribution in [3.05, 3.63) is 59.4 Å². The zero-order chi connectivity index (χ0) is 21.5. The van der Waals surface area contributed by atoms with E-state index in [4.69, 9.17) is 4.74 Å². The molecule has 2 aliphatic heterocycles. The molecule has 0 unspecified atom stereocenters. The van der Waals surface area contributed by atoms with Gasteiger partial charge in [0.1, 0.15) is 17.7 Å². The summed E-state index contributed by atoms with van der Waals surface area (Å²) >= 11 is 0. The van der Waals surface area contributed by atoms with Gasteiger partial charge in [0.05, 0.1) is 10.5 Å². The average molecular weight is 433 g/mol. The van der Waals surface area contributed by atoms with E-state index in [-0.39, 0.29) is 35.9 Å². The third-order valence-corrected chi connectivity index (χ3v) is 7.88. The van der Waals surface area contributed by atoms with Gasteiger partial charge in [0.15, 0.2) is 0 Å². The maximum atomic E-state index is 13.2. The standard InChI is InChI=1S/C22H25FN2O4S/c1-15-16(2)29-21-19(15)5-3-6-20(21)22(26)24-11-4-12-25(14-13-24)30(27,28)18-9-7-17(23)8-10-18/h3,5-10,15-16H,4,11-14H2,1-2H3/t15-,16+/m1/s1. The van der Waals surface area contributed by atoms with Gasteiger partial charge in [-0.05, 0) is 43.7 Å². The zero-order valence-electron chi connectivity index (χ0n) is 17.0. The topological polar surface area (TPSA) is 66.9 Å². The molecule has 30 heavy (non-hydrogen) atoms. The molecule has 2 aliphatic rings. The minimum absolute atomic E-state index is 0.00873. The van der Waals surface area contributed by atoms with Crippen molar-refractivity contribution < 1.29 is 22.3 Å². The fourth-order valence-corrected chi connectivity index (χ4v) is 5.49. The minimum Gasteiger partial charge on any atom is -0.489 e. The Balaban J connectivity index is 1.52. The van der Waals surface area contributed by atoms with E-state index in [9.17, 15) is 17.6 Å². The molecule has 0 bridgehead atoms. The molecular formula is C22H25FN2O4S. The normalized spacial score (nSPS) is 22.3. The lowest BCUT2D eigenvalue weighted by Gasteiger charge is -2.23. The lowest BCUT2D eigenvalue weighted by Crippen LogP contribution is -2.37. The summed E-state index contributed by atoms with van der Waals surface area (Å²) in [5, 5.41) is 0. The monoisotopic (exact) mass is 432 g/mol. The smallest absolute Gasteiger partial charge is 0.257 e. The molecule has 1 amide bonds. The predicted octanol–water partition coefficient (Wildman–Crippen LogP) is 3.25. The molecule has 2 aromatic carbocycles. The molecule has 0 aromatic heterocycles. The maximum absolute atomic E-state index is 13.2. The first-order valence-corrected chi connectivity index (χ1v) is 11.6. The highest BCUT2D eigenvalue weighted by molar-refractivity contribution is 7.89. The number of para-hydroxylation sites is 1. The first-order valence-electron chi connectivity index (χ1n) is 10.1. The Bertz CT molecular complexity index is 1060. The highest BCUT2D eigenvalue weighted by Gasteiger charge is 2.34. The molecule has 1 fully saturated rings. The second kappa shape index (κ2) is 8.00. The molecule has 0 saturated carbocycles. The van der Waals surface area contributed by atoms with E-state index in [0.717, 1.165) is 17.7 Å². The van der Waals surface area contributed by atoms with Gasteiger partial charge >= 0.3 is 0 Å². The number of hydrogen-bond donors (Lipinski definition) is 0. The van der Waals surface area contributed by atoms with E-state index >= 15 is 0 Å². The van der Waals surface area contributed by atoms with Crippen LogP contribution < -0.4 is 4.74 Å². The Kier molecular flexibility index (Phi) is 5.55. The van der Waals surface area contributed by atoms with Gasteiger partial charge in [-0.3, -0.25) is 4.79 Å². The van der Waals surface area contributed by atoms with Crippen LogP contribution in [-0.4, -0.2) is 55.8 Å². The van der Waals surface area contributed by atoms with Crippen molar-refractivity contribution in [3.63, 3.8) is 0 Å². The minimum atomic E-state index is -3.74. The van der Waals surface area contributed by atoms with Crippen LogP contribution in [0.2, 0.25) is 0 Å². The summed E-state index contributed by atoms with van der Waals surface area (Å²) in [6, 6.07) is 10.4. The summed E-state index contributed by atoms with van der Waals surface area (Å²) in [5.74, 6) is 0.229. The van der Waals surface area contributed by atoms with E-state index in [1.165, 1.54) is 16.4 Å². The van der Waals surface area contributed by atoms with Crippen molar-refractivity contribution in [1.29, 1.82) is 0 Å². The Morgan fingerprint density at radius 3 is 2.50 bits per heavy atom. The van der Waals surface area contributed by atoms with Crippen molar-refractivity contribution in [1.82, 2.24) is 9.21 Å². The van der Waals surface area contributed by atoms with Gasteiger partial charge in [0, 0.05) is 37.7 Å². The molecule has 2 aromatic rings. The van der Waals surface area contributed by atoms with Gasteiger partial charge in [-0.15, -0.1) is 0 Å². The second-order valence-corrected chi connectivity index (χ2v) is 9.78. The molecule has 160 valence electrons. The largest absolute Gasteiger partial charge is 0.489 e. The van der Waals surface area contributed by atoms with Crippen molar-refractivity contribution in [3.8, 4) is 5.75 Å². The Morgan fingerprint density at radius 2 is 1.77 bits per heavy atom. The van der Waals surface area contributed by atoms with E-state index in [1.807, 2.05) is 19.1 Å². The molecule has 2 atom stereocenters. The summed E-state index contributed by atoms with van der Waals surface area (Å²) in [4.78, 5) is 15.0. The fraction of sp³-hybridized carbons (Fsp3) is 0.409. The average Bonchev–Trinajstić information content (AvgIpc) is 2.90. The number of carbonyl (C=O) groups excluding carboxylic acids is 1. The highest BCUT2D eigenvalue weighted by Crippen LogP contribution is 2.40. The van der Waals surface area contributed by atoms with Crippen LogP contribution in [0.25, 0.3) is 0 Å². The van der Waals surface area contributed by atoms with E-state index in [2.05, 4.69) is 6.92 Å². The summed E-state index contributed by atoms with van der Waals surface area (Å²) < 4.78 is 46.3. The number of benzene rings is 2. The number of hydrogen-bond acceptors (Lipinski definition) is 4. The third kappa shape index (κ3) is 3.70. The Labute approximate surface area is 176 Å². The molecule has 8 heteroatoms. The van der Waals surface area contributed by atoms with Gasteiger partial charge in [0.25, 0.3) is 5.91 Å². The second-order valence-electron chi connectivity index (χ2n) is 7.84. The van der Waals surface area contributed by atoms with Crippen LogP contribution in [0.4, 0.5) is 4.39 Å². The van der Waals surface area contributed by atoms with Gasteiger partial charge < -0.3 is 9.64 Å². The van der Waals surface area contributed by atoms with Gasteiger partial charge in [-0.25, -0.2) is 12.8 Å². The molecule has 0 spiro atoms. The number of amides is 1. The van der Waals surface area contributed by atoms with Crippen molar-refractivity contribution in [2.45, 2.75) is 37.2 Å². The predicted molar refractivity (Wildman–Crippen MR) is 111 cm³/mol. The van der Waals surface area contributed by atoms with Crippen LogP contribution in [-0.2, 0) is 10.0 Å².